The molecular weight excluding hydrogens is 276 g/mol. The molecule has 0 aliphatic heterocycles. The molecule has 108 valence electrons. The lowest BCUT2D eigenvalue weighted by Crippen LogP contribution is -2.14. The van der Waals surface area contributed by atoms with Gasteiger partial charge in [0.25, 0.3) is 5.69 Å². The molecule has 20 heavy (non-hydrogen) atoms. The van der Waals surface area contributed by atoms with Crippen molar-refractivity contribution in [3.8, 4) is 0 Å². The summed E-state index contributed by atoms with van der Waals surface area (Å²) in [5.74, 6) is 0.356. The van der Waals surface area contributed by atoms with Crippen LogP contribution in [0.25, 0.3) is 10.2 Å². The number of nitro groups is 1. The molecule has 1 aromatic carbocycles. The molecule has 0 saturated heterocycles. The fourth-order valence-electron chi connectivity index (χ4n) is 2.34. The van der Waals surface area contributed by atoms with Gasteiger partial charge in [0.05, 0.1) is 26.3 Å². The van der Waals surface area contributed by atoms with Crippen molar-refractivity contribution in [2.45, 2.75) is 39.7 Å². The summed E-state index contributed by atoms with van der Waals surface area (Å²) in [5.41, 5.74) is 1.40. The van der Waals surface area contributed by atoms with E-state index in [2.05, 4.69) is 4.98 Å². The topological polar surface area (TPSA) is 76.3 Å². The normalized spacial score (nSPS) is 13.1. The Bertz CT molecular complexity index is 637. The molecule has 0 radical (unpaired) electrons. The molecule has 0 amide bonds. The number of aliphatic hydroxyl groups is 1. The second-order valence-corrected chi connectivity index (χ2v) is 6.66. The van der Waals surface area contributed by atoms with E-state index in [4.69, 9.17) is 0 Å². The first-order chi connectivity index (χ1) is 9.36. The van der Waals surface area contributed by atoms with Crippen molar-refractivity contribution in [1.82, 2.24) is 4.98 Å². The van der Waals surface area contributed by atoms with Gasteiger partial charge in [-0.3, -0.25) is 10.1 Å². The van der Waals surface area contributed by atoms with Gasteiger partial charge in [0.15, 0.2) is 0 Å². The van der Waals surface area contributed by atoms with Gasteiger partial charge in [0.2, 0.25) is 0 Å². The summed E-state index contributed by atoms with van der Waals surface area (Å²) in [6, 6.07) is 3.30. The average Bonchev–Trinajstić information content (AvgIpc) is 2.65. The highest BCUT2D eigenvalue weighted by Gasteiger charge is 2.20. The number of benzene rings is 1. The van der Waals surface area contributed by atoms with Gasteiger partial charge in [-0.25, -0.2) is 4.98 Å². The summed E-state index contributed by atoms with van der Waals surface area (Å²) >= 11 is 1.44. The van der Waals surface area contributed by atoms with Crippen LogP contribution in [0.5, 0.6) is 0 Å². The number of nitrogens with zero attached hydrogens (tertiary/aromatic N) is 2. The molecule has 0 aliphatic rings. The molecule has 0 bridgehead atoms. The molecule has 1 aromatic heterocycles. The van der Waals surface area contributed by atoms with Crippen molar-refractivity contribution < 1.29 is 10.0 Å². The van der Waals surface area contributed by atoms with Crippen LogP contribution in [0.4, 0.5) is 5.69 Å². The number of hydrogen-bond donors (Lipinski definition) is 1. The zero-order valence-corrected chi connectivity index (χ0v) is 12.6. The van der Waals surface area contributed by atoms with Gasteiger partial charge in [0, 0.05) is 18.1 Å². The molecule has 1 atom stereocenters. The van der Waals surface area contributed by atoms with Crippen LogP contribution in [-0.2, 0) is 6.42 Å². The number of nitro benzene ring substituents is 1. The van der Waals surface area contributed by atoms with Crippen molar-refractivity contribution in [3.63, 3.8) is 0 Å². The number of aromatic nitrogens is 1. The van der Waals surface area contributed by atoms with E-state index in [9.17, 15) is 15.2 Å². The van der Waals surface area contributed by atoms with Crippen molar-refractivity contribution in [1.29, 1.82) is 0 Å². The predicted octanol–water partition coefficient (Wildman–Crippen LogP) is 3.46. The van der Waals surface area contributed by atoms with Gasteiger partial charge in [-0.15, -0.1) is 11.3 Å². The minimum absolute atomic E-state index is 0.0731. The van der Waals surface area contributed by atoms with Crippen molar-refractivity contribution in [2.75, 3.05) is 0 Å². The number of fused-ring (bicyclic) bond motifs is 1. The summed E-state index contributed by atoms with van der Waals surface area (Å²) in [5, 5.41) is 22.1. The molecule has 0 fully saturated rings. The second kappa shape index (κ2) is 5.85. The minimum atomic E-state index is -0.564. The number of hydrogen-bond acceptors (Lipinski definition) is 5. The zero-order valence-electron chi connectivity index (χ0n) is 11.8. The molecule has 6 heteroatoms. The Hall–Kier alpha value is -1.53. The van der Waals surface area contributed by atoms with Crippen LogP contribution in [-0.4, -0.2) is 21.1 Å². The van der Waals surface area contributed by atoms with Gasteiger partial charge < -0.3 is 5.11 Å². The minimum Gasteiger partial charge on any atom is -0.393 e. The molecule has 0 spiro atoms. The smallest absolute Gasteiger partial charge is 0.274 e. The Balaban J connectivity index is 2.38. The fourth-order valence-corrected chi connectivity index (χ4v) is 3.18. The van der Waals surface area contributed by atoms with E-state index in [0.717, 1.165) is 15.2 Å². The van der Waals surface area contributed by atoms with Crippen LogP contribution in [0.1, 0.15) is 30.8 Å². The maximum atomic E-state index is 11.2. The molecule has 1 heterocycles. The molecule has 0 saturated carbocycles. The Labute approximate surface area is 121 Å². The lowest BCUT2D eigenvalue weighted by atomic mass is 9.98. The highest BCUT2D eigenvalue weighted by Crippen LogP contribution is 2.30. The van der Waals surface area contributed by atoms with E-state index < -0.39 is 6.10 Å². The standard InChI is InChI=1S/C14H18N2O3S/c1-8(2)4-11(17)5-10-6-12-14(20-9(3)15-12)7-13(10)16(18)19/h6-8,11,17H,4-5H2,1-3H3. The summed E-state index contributed by atoms with van der Waals surface area (Å²) in [6.07, 6.45) is 0.359. The van der Waals surface area contributed by atoms with E-state index in [0.29, 0.717) is 24.3 Å². The first-order valence-electron chi connectivity index (χ1n) is 6.59. The lowest BCUT2D eigenvalue weighted by Gasteiger charge is -2.13. The number of aryl methyl sites for hydroxylation is 1. The van der Waals surface area contributed by atoms with Crippen molar-refractivity contribution in [2.24, 2.45) is 5.92 Å². The molecule has 1 N–H and O–H groups in total. The van der Waals surface area contributed by atoms with Crippen LogP contribution < -0.4 is 0 Å². The van der Waals surface area contributed by atoms with Crippen LogP contribution >= 0.6 is 11.3 Å². The molecule has 0 aliphatic carbocycles. The first-order valence-corrected chi connectivity index (χ1v) is 7.41. The average molecular weight is 294 g/mol. The zero-order chi connectivity index (χ0) is 14.9. The maximum absolute atomic E-state index is 11.2. The number of aliphatic hydroxyl groups excluding tert-OH is 1. The Morgan fingerprint density at radius 2 is 2.15 bits per heavy atom. The van der Waals surface area contributed by atoms with Gasteiger partial charge in [-0.05, 0) is 25.3 Å². The Morgan fingerprint density at radius 3 is 2.75 bits per heavy atom. The fraction of sp³-hybridized carbons (Fsp3) is 0.500. The predicted molar refractivity (Wildman–Crippen MR) is 80.2 cm³/mol. The first kappa shape index (κ1) is 14.9. The van der Waals surface area contributed by atoms with Crippen LogP contribution in [0.15, 0.2) is 12.1 Å². The van der Waals surface area contributed by atoms with Crippen LogP contribution in [0.3, 0.4) is 0 Å². The van der Waals surface area contributed by atoms with Crippen molar-refractivity contribution in [3.05, 3.63) is 32.8 Å². The summed E-state index contributed by atoms with van der Waals surface area (Å²) in [4.78, 5) is 15.2. The lowest BCUT2D eigenvalue weighted by molar-refractivity contribution is -0.385. The second-order valence-electron chi connectivity index (χ2n) is 5.43. The van der Waals surface area contributed by atoms with Gasteiger partial charge >= 0.3 is 0 Å². The molecular formula is C14H18N2O3S. The monoisotopic (exact) mass is 294 g/mol. The van der Waals surface area contributed by atoms with E-state index in [1.165, 1.54) is 11.3 Å². The third-order valence-electron chi connectivity index (χ3n) is 3.09. The van der Waals surface area contributed by atoms with Crippen molar-refractivity contribution >= 4 is 27.2 Å². The molecule has 2 aromatic rings. The van der Waals surface area contributed by atoms with Crippen LogP contribution in [0, 0.1) is 23.0 Å². The Kier molecular flexibility index (Phi) is 4.35. The summed E-state index contributed by atoms with van der Waals surface area (Å²) in [6.45, 7) is 5.92. The molecule has 1 unspecified atom stereocenters. The highest BCUT2D eigenvalue weighted by molar-refractivity contribution is 7.18. The quantitative estimate of drug-likeness (QED) is 0.676. The third kappa shape index (κ3) is 3.32. The van der Waals surface area contributed by atoms with E-state index in [1.807, 2.05) is 20.8 Å². The highest BCUT2D eigenvalue weighted by atomic mass is 32.1. The van der Waals surface area contributed by atoms with E-state index in [1.54, 1.807) is 12.1 Å². The SMILES string of the molecule is Cc1nc2cc(CC(O)CC(C)C)c([N+](=O)[O-])cc2s1. The number of thiazole rings is 1. The summed E-state index contributed by atoms with van der Waals surface area (Å²) < 4.78 is 0.816. The molecule has 2 rings (SSSR count). The Morgan fingerprint density at radius 1 is 1.45 bits per heavy atom. The maximum Gasteiger partial charge on any atom is 0.274 e. The van der Waals surface area contributed by atoms with Gasteiger partial charge in [0.1, 0.15) is 0 Å². The van der Waals surface area contributed by atoms with Gasteiger partial charge in [-0.2, -0.15) is 0 Å². The number of rotatable bonds is 5. The summed E-state index contributed by atoms with van der Waals surface area (Å²) in [7, 11) is 0. The van der Waals surface area contributed by atoms with Crippen LogP contribution in [0.2, 0.25) is 0 Å². The van der Waals surface area contributed by atoms with E-state index >= 15 is 0 Å². The van der Waals surface area contributed by atoms with E-state index in [-0.39, 0.29) is 10.6 Å². The van der Waals surface area contributed by atoms with Gasteiger partial charge in [-0.1, -0.05) is 13.8 Å². The largest absolute Gasteiger partial charge is 0.393 e. The molecule has 5 nitrogen and oxygen atoms in total. The third-order valence-corrected chi connectivity index (χ3v) is 4.03.